The van der Waals surface area contributed by atoms with E-state index < -0.39 is 0 Å². The molecular formula is C18H12BClN4O3. The highest BCUT2D eigenvalue weighted by Gasteiger charge is 2.20. The number of ether oxygens (including phenoxy) is 1. The van der Waals surface area contributed by atoms with Crippen LogP contribution in [0.15, 0.2) is 35.4 Å². The van der Waals surface area contributed by atoms with Gasteiger partial charge >= 0.3 is 0 Å². The maximum atomic E-state index is 13.1. The molecule has 0 saturated carbocycles. The van der Waals surface area contributed by atoms with Gasteiger partial charge in [0.05, 0.1) is 34.3 Å². The highest BCUT2D eigenvalue weighted by atomic mass is 35.5. The summed E-state index contributed by atoms with van der Waals surface area (Å²) < 4.78 is 5.02. The third-order valence-corrected chi connectivity index (χ3v) is 4.51. The summed E-state index contributed by atoms with van der Waals surface area (Å²) in [6.45, 7) is 0.0482. The number of rotatable bonds is 4. The molecule has 3 heterocycles. The number of halogens is 1. The molecule has 0 spiro atoms. The van der Waals surface area contributed by atoms with Crippen molar-refractivity contribution in [3.05, 3.63) is 62.8 Å². The minimum atomic E-state index is -0.365. The van der Waals surface area contributed by atoms with Crippen LogP contribution in [0.25, 0.3) is 22.1 Å². The molecule has 0 aliphatic rings. The zero-order chi connectivity index (χ0) is 19.1. The smallest absolute Gasteiger partial charge is 0.272 e. The molecule has 3 aromatic heterocycles. The molecule has 4 rings (SSSR count). The molecule has 0 unspecified atom stereocenters. The van der Waals surface area contributed by atoms with Gasteiger partial charge in [-0.2, -0.15) is 0 Å². The Labute approximate surface area is 159 Å². The predicted octanol–water partition coefficient (Wildman–Crippen LogP) is 1.62. The molecule has 0 bridgehead atoms. The number of nitrogens with zero attached hydrogens (tertiary/aromatic N) is 2. The fraction of sp³-hybridized carbons (Fsp3) is 0.111. The van der Waals surface area contributed by atoms with Crippen LogP contribution < -0.4 is 11.0 Å². The number of benzene rings is 1. The van der Waals surface area contributed by atoms with Crippen LogP contribution in [0.2, 0.25) is 5.02 Å². The summed E-state index contributed by atoms with van der Waals surface area (Å²) in [5.41, 5.74) is 2.31. The summed E-state index contributed by atoms with van der Waals surface area (Å²) in [4.78, 5) is 39.5. The number of pyridine rings is 1. The van der Waals surface area contributed by atoms with Crippen molar-refractivity contribution in [2.24, 2.45) is 0 Å². The molecule has 132 valence electrons. The number of ketones is 1. The van der Waals surface area contributed by atoms with E-state index in [0.29, 0.717) is 38.7 Å². The van der Waals surface area contributed by atoms with E-state index in [0.717, 1.165) is 0 Å². The Bertz CT molecular complexity index is 1260. The van der Waals surface area contributed by atoms with Crippen LogP contribution in [0.3, 0.4) is 0 Å². The minimum Gasteiger partial charge on any atom is -0.378 e. The summed E-state index contributed by atoms with van der Waals surface area (Å²) in [5, 5.41) is 0.753. The van der Waals surface area contributed by atoms with Crippen molar-refractivity contribution in [3.63, 3.8) is 0 Å². The number of carbonyl (C=O) groups is 1. The first kappa shape index (κ1) is 17.4. The van der Waals surface area contributed by atoms with E-state index in [1.165, 1.54) is 19.4 Å². The summed E-state index contributed by atoms with van der Waals surface area (Å²) in [5.74, 6) is -0.304. The first-order chi connectivity index (χ1) is 13.0. The zero-order valence-electron chi connectivity index (χ0n) is 14.2. The number of fused-ring (bicyclic) bond motifs is 3. The second-order valence-corrected chi connectivity index (χ2v) is 6.37. The Hall–Kier alpha value is -2.97. The number of aromatic amines is 2. The molecular weight excluding hydrogens is 366 g/mol. The quantitative estimate of drug-likeness (QED) is 0.415. The fourth-order valence-corrected chi connectivity index (χ4v) is 3.22. The van der Waals surface area contributed by atoms with Crippen molar-refractivity contribution in [2.75, 3.05) is 7.11 Å². The van der Waals surface area contributed by atoms with Gasteiger partial charge in [0.2, 0.25) is 0 Å². The molecule has 2 radical (unpaired) electrons. The van der Waals surface area contributed by atoms with E-state index >= 15 is 0 Å². The van der Waals surface area contributed by atoms with E-state index in [1.807, 2.05) is 0 Å². The van der Waals surface area contributed by atoms with E-state index in [2.05, 4.69) is 19.9 Å². The van der Waals surface area contributed by atoms with Gasteiger partial charge in [0.15, 0.2) is 5.78 Å². The highest BCUT2D eigenvalue weighted by molar-refractivity contribution is 6.39. The summed E-state index contributed by atoms with van der Waals surface area (Å²) in [7, 11) is 7.18. The van der Waals surface area contributed by atoms with Gasteiger partial charge in [-0.25, -0.2) is 9.97 Å². The molecule has 7 nitrogen and oxygen atoms in total. The topological polar surface area (TPSA) is 101 Å². The third-order valence-electron chi connectivity index (χ3n) is 4.19. The SMILES string of the molecule is [B]c1ccc(C(=O)c2c[nH]c3ncc4[nH]c(=O)c(COC)nc4c23)c(Cl)c1. The maximum Gasteiger partial charge on any atom is 0.272 e. The Morgan fingerprint density at radius 2 is 2.15 bits per heavy atom. The van der Waals surface area contributed by atoms with Crippen molar-refractivity contribution in [1.82, 2.24) is 19.9 Å². The van der Waals surface area contributed by atoms with Crippen molar-refractivity contribution >= 4 is 52.8 Å². The number of hydrogen-bond donors (Lipinski definition) is 2. The maximum absolute atomic E-state index is 13.1. The second-order valence-electron chi connectivity index (χ2n) is 5.96. The number of H-pyrrole nitrogens is 2. The van der Waals surface area contributed by atoms with E-state index in [1.54, 1.807) is 18.3 Å². The molecule has 2 N–H and O–H groups in total. The Morgan fingerprint density at radius 1 is 1.33 bits per heavy atom. The van der Waals surface area contributed by atoms with Gasteiger partial charge in [-0.15, -0.1) is 0 Å². The van der Waals surface area contributed by atoms with E-state index in [4.69, 9.17) is 24.2 Å². The van der Waals surface area contributed by atoms with Gasteiger partial charge in [-0.3, -0.25) is 9.59 Å². The van der Waals surface area contributed by atoms with Crippen LogP contribution in [0.1, 0.15) is 21.6 Å². The van der Waals surface area contributed by atoms with Crippen LogP contribution in [0.5, 0.6) is 0 Å². The van der Waals surface area contributed by atoms with Crippen LogP contribution in [-0.2, 0) is 11.3 Å². The lowest BCUT2D eigenvalue weighted by Gasteiger charge is -2.06. The highest BCUT2D eigenvalue weighted by Crippen LogP contribution is 2.27. The Kier molecular flexibility index (Phi) is 4.29. The zero-order valence-corrected chi connectivity index (χ0v) is 14.9. The number of aromatic nitrogens is 4. The van der Waals surface area contributed by atoms with Gasteiger partial charge < -0.3 is 14.7 Å². The molecule has 4 aromatic rings. The summed E-state index contributed by atoms with van der Waals surface area (Å²) >= 11 is 6.19. The molecule has 0 saturated heterocycles. The van der Waals surface area contributed by atoms with Crippen LogP contribution >= 0.6 is 11.6 Å². The number of hydrogen-bond acceptors (Lipinski definition) is 5. The average molecular weight is 379 g/mol. The number of carbonyl (C=O) groups excluding carboxylic acids is 1. The normalized spacial score (nSPS) is 11.3. The van der Waals surface area contributed by atoms with Crippen LogP contribution in [-0.4, -0.2) is 40.7 Å². The van der Waals surface area contributed by atoms with Crippen LogP contribution in [0, 0.1) is 0 Å². The summed E-state index contributed by atoms with van der Waals surface area (Å²) in [6, 6.07) is 4.70. The second kappa shape index (κ2) is 6.64. The Balaban J connectivity index is 1.98. The van der Waals surface area contributed by atoms with Crippen molar-refractivity contribution in [2.45, 2.75) is 6.61 Å². The first-order valence-electron chi connectivity index (χ1n) is 7.97. The first-order valence-corrected chi connectivity index (χ1v) is 8.35. The van der Waals surface area contributed by atoms with Gasteiger partial charge in [0, 0.05) is 18.9 Å². The van der Waals surface area contributed by atoms with Crippen molar-refractivity contribution < 1.29 is 9.53 Å². The molecule has 9 heteroatoms. The summed E-state index contributed by atoms with van der Waals surface area (Å²) in [6.07, 6.45) is 3.04. The molecule has 0 fully saturated rings. The number of nitrogens with one attached hydrogen (secondary N) is 2. The largest absolute Gasteiger partial charge is 0.378 e. The minimum absolute atomic E-state index is 0.0482. The molecule has 0 atom stereocenters. The van der Waals surface area contributed by atoms with Gasteiger partial charge in [-0.05, 0) is 6.07 Å². The lowest BCUT2D eigenvalue weighted by atomic mass is 9.93. The lowest BCUT2D eigenvalue weighted by molar-refractivity contribution is 0.104. The standard InChI is InChI=1S/C18H12BClN4O3/c1-27-7-13-18(26)24-12-6-22-17-14(15(12)23-13)10(5-21-17)16(25)9-3-2-8(19)4-11(9)20/h2-6H,7H2,1H3,(H,21,22)(H,24,26). The van der Waals surface area contributed by atoms with Crippen molar-refractivity contribution in [1.29, 1.82) is 0 Å². The van der Waals surface area contributed by atoms with Gasteiger partial charge in [0.25, 0.3) is 5.56 Å². The number of methoxy groups -OCH3 is 1. The lowest BCUT2D eigenvalue weighted by Crippen LogP contribution is -2.16. The van der Waals surface area contributed by atoms with Gasteiger partial charge in [0.1, 0.15) is 24.7 Å². The molecule has 0 aliphatic carbocycles. The fourth-order valence-electron chi connectivity index (χ4n) is 2.94. The molecule has 0 amide bonds. The van der Waals surface area contributed by atoms with E-state index in [9.17, 15) is 9.59 Å². The van der Waals surface area contributed by atoms with E-state index in [-0.39, 0.29) is 28.7 Å². The van der Waals surface area contributed by atoms with Crippen LogP contribution in [0.4, 0.5) is 0 Å². The van der Waals surface area contributed by atoms with Gasteiger partial charge in [-0.1, -0.05) is 29.2 Å². The monoisotopic (exact) mass is 378 g/mol. The predicted molar refractivity (Wildman–Crippen MR) is 103 cm³/mol. The Morgan fingerprint density at radius 3 is 2.89 bits per heavy atom. The van der Waals surface area contributed by atoms with Crippen molar-refractivity contribution in [3.8, 4) is 0 Å². The average Bonchev–Trinajstić information content (AvgIpc) is 3.06. The third kappa shape index (κ3) is 2.92. The molecule has 1 aromatic carbocycles. The molecule has 27 heavy (non-hydrogen) atoms. The molecule has 0 aliphatic heterocycles.